The topological polar surface area (TPSA) is 61.4 Å². The summed E-state index contributed by atoms with van der Waals surface area (Å²) in [7, 11) is 3.33. The molecular weight excluding hydrogens is 254 g/mol. The van der Waals surface area contributed by atoms with Crippen molar-refractivity contribution >= 4 is 17.5 Å². The van der Waals surface area contributed by atoms with E-state index >= 15 is 0 Å². The van der Waals surface area contributed by atoms with Crippen molar-refractivity contribution < 1.29 is 9.59 Å². The van der Waals surface area contributed by atoms with Gasteiger partial charge < -0.3 is 15.5 Å². The number of anilines is 1. The Morgan fingerprint density at radius 1 is 1.10 bits per heavy atom. The zero-order valence-electron chi connectivity index (χ0n) is 12.7. The number of nitrogens with one attached hydrogen (secondary N) is 2. The molecule has 0 aliphatic carbocycles. The number of rotatable bonds is 5. The second-order valence-electron chi connectivity index (χ2n) is 5.27. The van der Waals surface area contributed by atoms with Gasteiger partial charge >= 0.3 is 0 Å². The van der Waals surface area contributed by atoms with Crippen molar-refractivity contribution in [2.24, 2.45) is 0 Å². The largest absolute Gasteiger partial charge is 0.382 e. The van der Waals surface area contributed by atoms with Crippen LogP contribution in [0, 0.1) is 0 Å². The Bertz CT molecular complexity index is 484. The number of hydrogen-bond acceptors (Lipinski definition) is 3. The van der Waals surface area contributed by atoms with Gasteiger partial charge in [0, 0.05) is 25.8 Å². The first-order chi connectivity index (χ1) is 9.32. The molecule has 0 saturated heterocycles. The molecule has 0 aromatic heterocycles. The number of carbonyl (C=O) groups is 2. The van der Waals surface area contributed by atoms with E-state index in [4.69, 9.17) is 0 Å². The van der Waals surface area contributed by atoms with Crippen LogP contribution in [0.3, 0.4) is 0 Å². The summed E-state index contributed by atoms with van der Waals surface area (Å²) in [6.45, 7) is 5.69. The molecule has 2 amide bonds. The lowest BCUT2D eigenvalue weighted by Gasteiger charge is -2.19. The quantitative estimate of drug-likeness (QED) is 0.861. The molecule has 1 atom stereocenters. The van der Waals surface area contributed by atoms with Crippen LogP contribution < -0.4 is 10.6 Å². The lowest BCUT2D eigenvalue weighted by Crippen LogP contribution is -2.44. The van der Waals surface area contributed by atoms with E-state index in [0.717, 1.165) is 5.69 Å². The molecular formula is C15H23N3O2. The summed E-state index contributed by atoms with van der Waals surface area (Å²) in [5.74, 6) is -0.385. The molecule has 0 heterocycles. The molecule has 0 saturated carbocycles. The predicted molar refractivity (Wildman–Crippen MR) is 80.8 cm³/mol. The lowest BCUT2D eigenvalue weighted by molar-refractivity contribution is -0.130. The molecule has 20 heavy (non-hydrogen) atoms. The monoisotopic (exact) mass is 277 g/mol. The van der Waals surface area contributed by atoms with Crippen LogP contribution in [0.5, 0.6) is 0 Å². The van der Waals surface area contributed by atoms with Gasteiger partial charge in [0.1, 0.15) is 6.04 Å². The van der Waals surface area contributed by atoms with Gasteiger partial charge in [0.15, 0.2) is 0 Å². The van der Waals surface area contributed by atoms with Crippen LogP contribution in [0.15, 0.2) is 24.3 Å². The number of benzene rings is 1. The average molecular weight is 277 g/mol. The molecule has 2 N–H and O–H groups in total. The molecule has 1 aromatic rings. The normalized spacial score (nSPS) is 11.9. The smallest absolute Gasteiger partial charge is 0.254 e. The molecule has 0 aliphatic heterocycles. The fourth-order valence-electron chi connectivity index (χ4n) is 1.84. The summed E-state index contributed by atoms with van der Waals surface area (Å²) < 4.78 is 0. The van der Waals surface area contributed by atoms with Crippen molar-refractivity contribution in [2.75, 3.05) is 19.4 Å². The van der Waals surface area contributed by atoms with E-state index in [-0.39, 0.29) is 17.9 Å². The van der Waals surface area contributed by atoms with Crippen LogP contribution in [-0.2, 0) is 4.79 Å². The van der Waals surface area contributed by atoms with E-state index in [1.54, 1.807) is 33.2 Å². The number of likely N-dealkylation sites (N-methyl/N-ethyl adjacent to an activating group) is 1. The summed E-state index contributed by atoms with van der Waals surface area (Å²) in [6.07, 6.45) is 0. The Hall–Kier alpha value is -2.04. The van der Waals surface area contributed by atoms with Crippen molar-refractivity contribution in [3.8, 4) is 0 Å². The highest BCUT2D eigenvalue weighted by atomic mass is 16.2. The predicted octanol–water partition coefficient (Wildman–Crippen LogP) is 1.71. The molecule has 5 nitrogen and oxygen atoms in total. The van der Waals surface area contributed by atoms with Crippen LogP contribution in [0.4, 0.5) is 5.69 Å². The highest BCUT2D eigenvalue weighted by molar-refractivity contribution is 6.01. The first-order valence-corrected chi connectivity index (χ1v) is 6.70. The maximum absolute atomic E-state index is 12.3. The summed E-state index contributed by atoms with van der Waals surface area (Å²) in [6, 6.07) is 6.95. The van der Waals surface area contributed by atoms with E-state index in [1.165, 1.54) is 4.90 Å². The molecule has 0 radical (unpaired) electrons. The van der Waals surface area contributed by atoms with E-state index < -0.39 is 6.04 Å². The highest BCUT2D eigenvalue weighted by Gasteiger charge is 2.19. The van der Waals surface area contributed by atoms with Gasteiger partial charge in [-0.05, 0) is 32.9 Å². The second kappa shape index (κ2) is 6.93. The van der Waals surface area contributed by atoms with Crippen molar-refractivity contribution in [2.45, 2.75) is 32.9 Å². The van der Waals surface area contributed by atoms with E-state index in [2.05, 4.69) is 10.6 Å². The molecule has 1 aromatic carbocycles. The van der Waals surface area contributed by atoms with Crippen LogP contribution in [0.2, 0.25) is 0 Å². The maximum atomic E-state index is 12.3. The maximum Gasteiger partial charge on any atom is 0.254 e. The minimum Gasteiger partial charge on any atom is -0.382 e. The Morgan fingerprint density at radius 2 is 1.70 bits per heavy atom. The zero-order valence-corrected chi connectivity index (χ0v) is 12.7. The minimum absolute atomic E-state index is 0.132. The average Bonchev–Trinajstić information content (AvgIpc) is 2.37. The van der Waals surface area contributed by atoms with Crippen molar-refractivity contribution in [3.05, 3.63) is 29.8 Å². The number of para-hydroxylation sites is 1. The van der Waals surface area contributed by atoms with Crippen LogP contribution >= 0.6 is 0 Å². The molecule has 0 bridgehead atoms. The number of carbonyl (C=O) groups excluding carboxylic acids is 2. The Balaban J connectivity index is 2.85. The molecule has 0 fully saturated rings. The fourth-order valence-corrected chi connectivity index (χ4v) is 1.84. The zero-order chi connectivity index (χ0) is 15.3. The summed E-state index contributed by atoms with van der Waals surface area (Å²) in [5, 5.41) is 5.94. The van der Waals surface area contributed by atoms with Crippen LogP contribution in [-0.4, -0.2) is 42.9 Å². The van der Waals surface area contributed by atoms with Gasteiger partial charge in [-0.3, -0.25) is 9.59 Å². The van der Waals surface area contributed by atoms with Crippen molar-refractivity contribution in [1.29, 1.82) is 0 Å². The second-order valence-corrected chi connectivity index (χ2v) is 5.27. The molecule has 5 heteroatoms. The first-order valence-electron chi connectivity index (χ1n) is 6.70. The standard InChI is InChI=1S/C15H23N3O2/c1-10(2)16-13-9-7-6-8-12(13)14(19)17-11(3)15(20)18(4)5/h6-11,16H,1-5H3,(H,17,19). The number of amides is 2. The van der Waals surface area contributed by atoms with Crippen molar-refractivity contribution in [3.63, 3.8) is 0 Å². The van der Waals surface area contributed by atoms with Gasteiger partial charge in [0.25, 0.3) is 5.91 Å². The third-order valence-corrected chi connectivity index (χ3v) is 2.77. The van der Waals surface area contributed by atoms with Crippen LogP contribution in [0.1, 0.15) is 31.1 Å². The van der Waals surface area contributed by atoms with E-state index in [1.807, 2.05) is 26.0 Å². The Kier molecular flexibility index (Phi) is 5.55. The molecule has 0 spiro atoms. The van der Waals surface area contributed by atoms with Crippen LogP contribution in [0.25, 0.3) is 0 Å². The van der Waals surface area contributed by atoms with Gasteiger partial charge in [-0.2, -0.15) is 0 Å². The van der Waals surface area contributed by atoms with Gasteiger partial charge in [0.05, 0.1) is 5.56 Å². The third kappa shape index (κ3) is 4.26. The van der Waals surface area contributed by atoms with Gasteiger partial charge in [-0.1, -0.05) is 12.1 Å². The Labute approximate surface area is 120 Å². The van der Waals surface area contributed by atoms with E-state index in [0.29, 0.717) is 5.56 Å². The van der Waals surface area contributed by atoms with Gasteiger partial charge in [-0.15, -0.1) is 0 Å². The summed E-state index contributed by atoms with van der Waals surface area (Å²) in [4.78, 5) is 25.5. The van der Waals surface area contributed by atoms with E-state index in [9.17, 15) is 9.59 Å². The van der Waals surface area contributed by atoms with Gasteiger partial charge in [0.2, 0.25) is 5.91 Å². The third-order valence-electron chi connectivity index (χ3n) is 2.77. The molecule has 1 unspecified atom stereocenters. The van der Waals surface area contributed by atoms with Crippen molar-refractivity contribution in [1.82, 2.24) is 10.2 Å². The summed E-state index contributed by atoms with van der Waals surface area (Å²) in [5.41, 5.74) is 1.31. The minimum atomic E-state index is -0.551. The fraction of sp³-hybridized carbons (Fsp3) is 0.467. The molecule has 0 aliphatic rings. The lowest BCUT2D eigenvalue weighted by atomic mass is 10.1. The number of hydrogen-bond donors (Lipinski definition) is 2. The molecule has 110 valence electrons. The first kappa shape index (κ1) is 16.0. The molecule has 1 rings (SSSR count). The SMILES string of the molecule is CC(C)Nc1ccccc1C(=O)NC(C)C(=O)N(C)C. The summed E-state index contributed by atoms with van der Waals surface area (Å²) >= 11 is 0. The highest BCUT2D eigenvalue weighted by Crippen LogP contribution is 2.16. The Morgan fingerprint density at radius 3 is 2.25 bits per heavy atom. The number of nitrogens with zero attached hydrogens (tertiary/aromatic N) is 1. The van der Waals surface area contributed by atoms with Gasteiger partial charge in [-0.25, -0.2) is 0 Å².